The second kappa shape index (κ2) is 6.58. The zero-order valence-corrected chi connectivity index (χ0v) is 12.6. The van der Waals surface area contributed by atoms with E-state index in [0.29, 0.717) is 0 Å². The number of nitrogens with two attached hydrogens (primary N) is 1. The maximum absolute atomic E-state index is 6.30. The van der Waals surface area contributed by atoms with Gasteiger partial charge in [0, 0.05) is 25.3 Å². The van der Waals surface area contributed by atoms with Crippen LogP contribution in [-0.4, -0.2) is 13.6 Å². The SMILES string of the molecule is CCc1ccc(N(C)CC(N)c2ccc(C)cc2)cc1. The molecule has 1 atom stereocenters. The van der Waals surface area contributed by atoms with Crippen molar-refractivity contribution in [1.82, 2.24) is 0 Å². The Morgan fingerprint density at radius 1 is 1.00 bits per heavy atom. The normalized spacial score (nSPS) is 12.2. The van der Waals surface area contributed by atoms with Crippen molar-refractivity contribution in [3.63, 3.8) is 0 Å². The summed E-state index contributed by atoms with van der Waals surface area (Å²) in [6.45, 7) is 5.08. The second-order valence-corrected chi connectivity index (χ2v) is 5.42. The van der Waals surface area contributed by atoms with E-state index in [0.717, 1.165) is 13.0 Å². The van der Waals surface area contributed by atoms with Crippen LogP contribution in [0.3, 0.4) is 0 Å². The van der Waals surface area contributed by atoms with E-state index in [1.807, 2.05) is 0 Å². The largest absolute Gasteiger partial charge is 0.373 e. The molecule has 0 aromatic heterocycles. The summed E-state index contributed by atoms with van der Waals surface area (Å²) >= 11 is 0. The van der Waals surface area contributed by atoms with Crippen molar-refractivity contribution in [1.29, 1.82) is 0 Å². The average Bonchev–Trinajstić information content (AvgIpc) is 2.48. The second-order valence-electron chi connectivity index (χ2n) is 5.42. The summed E-state index contributed by atoms with van der Waals surface area (Å²) in [5.41, 5.74) is 11.3. The average molecular weight is 268 g/mol. The standard InChI is InChI=1S/C18H24N2/c1-4-15-7-11-17(12-8-15)20(3)13-18(19)16-9-5-14(2)6-10-16/h5-12,18H,4,13,19H2,1-3H3. The minimum absolute atomic E-state index is 0.0338. The number of nitrogens with zero attached hydrogens (tertiary/aromatic N) is 1. The molecule has 2 heteroatoms. The summed E-state index contributed by atoms with van der Waals surface area (Å²) < 4.78 is 0. The Bertz CT molecular complexity index is 528. The Kier molecular flexibility index (Phi) is 4.80. The van der Waals surface area contributed by atoms with E-state index in [-0.39, 0.29) is 6.04 Å². The fraction of sp³-hybridized carbons (Fsp3) is 0.333. The molecule has 2 nitrogen and oxygen atoms in total. The lowest BCUT2D eigenvalue weighted by atomic mass is 10.1. The van der Waals surface area contributed by atoms with Gasteiger partial charge in [0.15, 0.2) is 0 Å². The van der Waals surface area contributed by atoms with Gasteiger partial charge >= 0.3 is 0 Å². The topological polar surface area (TPSA) is 29.3 Å². The highest BCUT2D eigenvalue weighted by molar-refractivity contribution is 5.47. The number of anilines is 1. The van der Waals surface area contributed by atoms with Crippen LogP contribution in [-0.2, 0) is 6.42 Å². The predicted octanol–water partition coefficient (Wildman–Crippen LogP) is 3.69. The van der Waals surface area contributed by atoms with E-state index in [1.54, 1.807) is 0 Å². The van der Waals surface area contributed by atoms with Crippen LogP contribution < -0.4 is 10.6 Å². The molecule has 0 aliphatic carbocycles. The van der Waals surface area contributed by atoms with Crippen LogP contribution in [0.1, 0.15) is 29.7 Å². The van der Waals surface area contributed by atoms with Crippen LogP contribution >= 0.6 is 0 Å². The first-order chi connectivity index (χ1) is 9.60. The summed E-state index contributed by atoms with van der Waals surface area (Å²) in [4.78, 5) is 2.21. The molecule has 0 aliphatic rings. The Labute approximate surface area is 122 Å². The van der Waals surface area contributed by atoms with Crippen molar-refractivity contribution in [3.05, 3.63) is 65.2 Å². The fourth-order valence-corrected chi connectivity index (χ4v) is 2.31. The van der Waals surface area contributed by atoms with E-state index >= 15 is 0 Å². The van der Waals surface area contributed by atoms with Crippen LogP contribution in [0.4, 0.5) is 5.69 Å². The highest BCUT2D eigenvalue weighted by Crippen LogP contribution is 2.18. The van der Waals surface area contributed by atoms with Gasteiger partial charge in [0.1, 0.15) is 0 Å². The molecule has 0 fully saturated rings. The molecule has 0 bridgehead atoms. The molecule has 0 radical (unpaired) electrons. The zero-order chi connectivity index (χ0) is 14.5. The summed E-state index contributed by atoms with van der Waals surface area (Å²) in [7, 11) is 2.09. The minimum atomic E-state index is 0.0338. The molecular weight excluding hydrogens is 244 g/mol. The Hall–Kier alpha value is -1.80. The van der Waals surface area contributed by atoms with Gasteiger partial charge in [0.2, 0.25) is 0 Å². The maximum atomic E-state index is 6.30. The van der Waals surface area contributed by atoms with E-state index in [9.17, 15) is 0 Å². The Morgan fingerprint density at radius 2 is 1.60 bits per heavy atom. The third kappa shape index (κ3) is 3.61. The van der Waals surface area contributed by atoms with Gasteiger partial charge in [0.05, 0.1) is 0 Å². The number of aryl methyl sites for hydroxylation is 2. The molecule has 20 heavy (non-hydrogen) atoms. The van der Waals surface area contributed by atoms with Crippen LogP contribution in [0.15, 0.2) is 48.5 Å². The lowest BCUT2D eigenvalue weighted by molar-refractivity contribution is 0.703. The zero-order valence-electron chi connectivity index (χ0n) is 12.6. The Morgan fingerprint density at radius 3 is 2.15 bits per heavy atom. The fourth-order valence-electron chi connectivity index (χ4n) is 2.31. The molecular formula is C18H24N2. The number of rotatable bonds is 5. The first-order valence-corrected chi connectivity index (χ1v) is 7.22. The van der Waals surface area contributed by atoms with Gasteiger partial charge in [-0.25, -0.2) is 0 Å². The van der Waals surface area contributed by atoms with Gasteiger partial charge in [-0.15, -0.1) is 0 Å². The molecule has 2 N–H and O–H groups in total. The van der Waals surface area contributed by atoms with Gasteiger partial charge in [-0.2, -0.15) is 0 Å². The molecule has 0 spiro atoms. The lowest BCUT2D eigenvalue weighted by Crippen LogP contribution is -2.28. The lowest BCUT2D eigenvalue weighted by Gasteiger charge is -2.24. The van der Waals surface area contributed by atoms with Crippen molar-refractivity contribution in [3.8, 4) is 0 Å². The van der Waals surface area contributed by atoms with Gasteiger partial charge in [-0.05, 0) is 36.6 Å². The molecule has 2 aromatic carbocycles. The summed E-state index contributed by atoms with van der Waals surface area (Å²) in [5, 5.41) is 0. The van der Waals surface area contributed by atoms with Crippen LogP contribution in [0.2, 0.25) is 0 Å². The molecule has 1 unspecified atom stereocenters. The predicted molar refractivity (Wildman–Crippen MR) is 87.2 cm³/mol. The molecule has 106 valence electrons. The monoisotopic (exact) mass is 268 g/mol. The van der Waals surface area contributed by atoms with Crippen LogP contribution in [0.25, 0.3) is 0 Å². The molecule has 2 aromatic rings. The van der Waals surface area contributed by atoms with Crippen molar-refractivity contribution in [2.45, 2.75) is 26.3 Å². The molecule has 0 saturated heterocycles. The molecule has 2 rings (SSSR count). The number of benzene rings is 2. The van der Waals surface area contributed by atoms with Gasteiger partial charge in [-0.1, -0.05) is 48.9 Å². The van der Waals surface area contributed by atoms with Gasteiger partial charge in [-0.3, -0.25) is 0 Å². The van der Waals surface area contributed by atoms with Gasteiger partial charge < -0.3 is 10.6 Å². The first kappa shape index (κ1) is 14.6. The highest BCUT2D eigenvalue weighted by atomic mass is 15.1. The number of likely N-dealkylation sites (N-methyl/N-ethyl adjacent to an activating group) is 1. The molecule has 0 aliphatic heterocycles. The van der Waals surface area contributed by atoms with Crippen molar-refractivity contribution in [2.24, 2.45) is 5.73 Å². The van der Waals surface area contributed by atoms with E-state index < -0.39 is 0 Å². The van der Waals surface area contributed by atoms with E-state index in [1.165, 1.54) is 22.4 Å². The maximum Gasteiger partial charge on any atom is 0.0473 e. The summed E-state index contributed by atoms with van der Waals surface area (Å²) in [6, 6.07) is 17.2. The Balaban J connectivity index is 2.02. The van der Waals surface area contributed by atoms with Crippen molar-refractivity contribution in [2.75, 3.05) is 18.5 Å². The minimum Gasteiger partial charge on any atom is -0.373 e. The smallest absolute Gasteiger partial charge is 0.0473 e. The third-order valence-electron chi connectivity index (χ3n) is 3.76. The van der Waals surface area contributed by atoms with Crippen LogP contribution in [0.5, 0.6) is 0 Å². The molecule has 0 amide bonds. The number of hydrogen-bond acceptors (Lipinski definition) is 2. The number of hydrogen-bond donors (Lipinski definition) is 1. The summed E-state index contributed by atoms with van der Waals surface area (Å²) in [6.07, 6.45) is 1.08. The first-order valence-electron chi connectivity index (χ1n) is 7.22. The van der Waals surface area contributed by atoms with Crippen molar-refractivity contribution < 1.29 is 0 Å². The molecule has 0 heterocycles. The summed E-state index contributed by atoms with van der Waals surface area (Å²) in [5.74, 6) is 0. The van der Waals surface area contributed by atoms with E-state index in [4.69, 9.17) is 5.73 Å². The quantitative estimate of drug-likeness (QED) is 0.896. The third-order valence-corrected chi connectivity index (χ3v) is 3.76. The van der Waals surface area contributed by atoms with Gasteiger partial charge in [0.25, 0.3) is 0 Å². The van der Waals surface area contributed by atoms with Crippen LogP contribution in [0, 0.1) is 6.92 Å². The van der Waals surface area contributed by atoms with E-state index in [2.05, 4.69) is 74.3 Å². The highest BCUT2D eigenvalue weighted by Gasteiger charge is 2.09. The molecule has 0 saturated carbocycles. The van der Waals surface area contributed by atoms with Crippen molar-refractivity contribution >= 4 is 5.69 Å².